The van der Waals surface area contributed by atoms with Crippen molar-refractivity contribution in [3.05, 3.63) is 0 Å². The van der Waals surface area contributed by atoms with Gasteiger partial charge in [0.15, 0.2) is 0 Å². The van der Waals surface area contributed by atoms with Crippen LogP contribution in [0.5, 0.6) is 0 Å². The van der Waals surface area contributed by atoms with Gasteiger partial charge in [-0.1, -0.05) is 0 Å². The normalized spacial score (nSPS) is 18.4. The van der Waals surface area contributed by atoms with Crippen LogP contribution in [0.3, 0.4) is 0 Å². The maximum atomic E-state index is 11.9. The van der Waals surface area contributed by atoms with E-state index < -0.39 is 0 Å². The highest BCUT2D eigenvalue weighted by Gasteiger charge is 2.23. The third-order valence-electron chi connectivity index (χ3n) is 2.75. The molecule has 0 bridgehead atoms. The first-order chi connectivity index (χ1) is 6.66. The van der Waals surface area contributed by atoms with Crippen LogP contribution in [0.4, 0.5) is 4.79 Å². The van der Waals surface area contributed by atoms with Gasteiger partial charge in [-0.2, -0.15) is 0 Å². The fourth-order valence-electron chi connectivity index (χ4n) is 1.67. The summed E-state index contributed by atoms with van der Waals surface area (Å²) in [6, 6.07) is 0.278. The highest BCUT2D eigenvalue weighted by atomic mass is 16.5. The number of methoxy groups -OCH3 is 1. The maximum absolute atomic E-state index is 11.9. The van der Waals surface area contributed by atoms with Gasteiger partial charge in [0.25, 0.3) is 0 Å². The lowest BCUT2D eigenvalue weighted by Gasteiger charge is -2.28. The van der Waals surface area contributed by atoms with Crippen molar-refractivity contribution in [2.24, 2.45) is 0 Å². The van der Waals surface area contributed by atoms with E-state index in [0.29, 0.717) is 6.61 Å². The van der Waals surface area contributed by atoms with Crippen molar-refractivity contribution in [3.63, 3.8) is 0 Å². The summed E-state index contributed by atoms with van der Waals surface area (Å²) in [7, 11) is 3.50. The van der Waals surface area contributed by atoms with Crippen molar-refractivity contribution in [1.82, 2.24) is 9.80 Å². The Balaban J connectivity index is 2.42. The molecular formula is C10H20N2O2. The second-order valence-electron chi connectivity index (χ2n) is 3.89. The summed E-state index contributed by atoms with van der Waals surface area (Å²) in [5.41, 5.74) is 0. The minimum Gasteiger partial charge on any atom is -0.383 e. The van der Waals surface area contributed by atoms with Crippen molar-refractivity contribution >= 4 is 6.03 Å². The zero-order valence-electron chi connectivity index (χ0n) is 9.32. The quantitative estimate of drug-likeness (QED) is 0.685. The number of likely N-dealkylation sites (tertiary alicyclic amines) is 1. The van der Waals surface area contributed by atoms with E-state index in [1.807, 2.05) is 18.9 Å². The summed E-state index contributed by atoms with van der Waals surface area (Å²) >= 11 is 0. The fourth-order valence-corrected chi connectivity index (χ4v) is 1.67. The SMILES string of the molecule is COCC(C)N(C)C(=O)N1CCCC1. The molecule has 4 nitrogen and oxygen atoms in total. The number of amides is 2. The smallest absolute Gasteiger partial charge is 0.320 e. The van der Waals surface area contributed by atoms with Crippen molar-refractivity contribution in [2.45, 2.75) is 25.8 Å². The number of hydrogen-bond acceptors (Lipinski definition) is 2. The molecule has 2 amide bonds. The van der Waals surface area contributed by atoms with Crippen molar-refractivity contribution in [2.75, 3.05) is 33.9 Å². The second kappa shape index (κ2) is 5.20. The minimum atomic E-state index is 0.132. The van der Waals surface area contributed by atoms with Crippen LogP contribution >= 0.6 is 0 Å². The average Bonchev–Trinajstić information content (AvgIpc) is 2.68. The van der Waals surface area contributed by atoms with Gasteiger partial charge in [-0.15, -0.1) is 0 Å². The van der Waals surface area contributed by atoms with Gasteiger partial charge in [-0.05, 0) is 19.8 Å². The molecule has 4 heteroatoms. The first kappa shape index (κ1) is 11.3. The molecule has 82 valence electrons. The Kier molecular flexibility index (Phi) is 4.20. The number of ether oxygens (including phenoxy) is 1. The van der Waals surface area contributed by atoms with Crippen LogP contribution in [0.2, 0.25) is 0 Å². The van der Waals surface area contributed by atoms with E-state index in [0.717, 1.165) is 25.9 Å². The predicted octanol–water partition coefficient (Wildman–Crippen LogP) is 1.17. The van der Waals surface area contributed by atoms with Gasteiger partial charge in [-0.3, -0.25) is 0 Å². The van der Waals surface area contributed by atoms with Crippen LogP contribution in [-0.2, 0) is 4.74 Å². The molecule has 1 rings (SSSR count). The summed E-state index contributed by atoms with van der Waals surface area (Å²) in [5.74, 6) is 0. The largest absolute Gasteiger partial charge is 0.383 e. The van der Waals surface area contributed by atoms with Gasteiger partial charge in [0, 0.05) is 27.2 Å². The zero-order chi connectivity index (χ0) is 10.6. The molecule has 1 unspecified atom stereocenters. The molecule has 1 fully saturated rings. The number of nitrogens with zero attached hydrogens (tertiary/aromatic N) is 2. The Morgan fingerprint density at radius 1 is 1.50 bits per heavy atom. The molecule has 0 spiro atoms. The van der Waals surface area contributed by atoms with E-state index in [9.17, 15) is 4.79 Å². The van der Waals surface area contributed by atoms with Gasteiger partial charge >= 0.3 is 6.03 Å². The third-order valence-corrected chi connectivity index (χ3v) is 2.75. The van der Waals surface area contributed by atoms with E-state index >= 15 is 0 Å². The number of urea groups is 1. The van der Waals surface area contributed by atoms with Gasteiger partial charge in [0.1, 0.15) is 0 Å². The van der Waals surface area contributed by atoms with Crippen molar-refractivity contribution < 1.29 is 9.53 Å². The molecule has 14 heavy (non-hydrogen) atoms. The second-order valence-corrected chi connectivity index (χ2v) is 3.89. The molecule has 0 N–H and O–H groups in total. The summed E-state index contributed by atoms with van der Waals surface area (Å²) in [4.78, 5) is 15.5. The molecule has 1 heterocycles. The van der Waals surface area contributed by atoms with E-state index in [1.54, 1.807) is 12.0 Å². The minimum absolute atomic E-state index is 0.132. The Morgan fingerprint density at radius 2 is 2.07 bits per heavy atom. The average molecular weight is 200 g/mol. The Bertz CT molecular complexity index is 191. The molecule has 1 saturated heterocycles. The lowest BCUT2D eigenvalue weighted by molar-refractivity contribution is 0.109. The number of carbonyl (C=O) groups excluding carboxylic acids is 1. The summed E-state index contributed by atoms with van der Waals surface area (Å²) in [6.45, 7) is 4.40. The number of rotatable bonds is 3. The Morgan fingerprint density at radius 3 is 2.57 bits per heavy atom. The molecule has 1 atom stereocenters. The molecule has 1 aliphatic rings. The highest BCUT2D eigenvalue weighted by molar-refractivity contribution is 5.74. The van der Waals surface area contributed by atoms with E-state index in [1.165, 1.54) is 0 Å². The Labute approximate surface area is 85.8 Å². The lowest BCUT2D eigenvalue weighted by Crippen LogP contribution is -2.45. The van der Waals surface area contributed by atoms with Crippen LogP contribution in [-0.4, -0.2) is 55.7 Å². The third kappa shape index (κ3) is 2.61. The topological polar surface area (TPSA) is 32.8 Å². The van der Waals surface area contributed by atoms with Gasteiger partial charge < -0.3 is 14.5 Å². The van der Waals surface area contributed by atoms with Gasteiger partial charge in [-0.25, -0.2) is 4.79 Å². The summed E-state index contributed by atoms with van der Waals surface area (Å²) in [6.07, 6.45) is 2.27. The van der Waals surface area contributed by atoms with Crippen molar-refractivity contribution in [1.29, 1.82) is 0 Å². The standard InChI is InChI=1S/C10H20N2O2/c1-9(8-14-3)11(2)10(13)12-6-4-5-7-12/h9H,4-8H2,1-3H3. The Hall–Kier alpha value is -0.770. The fraction of sp³-hybridized carbons (Fsp3) is 0.900. The van der Waals surface area contributed by atoms with Gasteiger partial charge in [0.05, 0.1) is 12.6 Å². The predicted molar refractivity (Wildman–Crippen MR) is 55.3 cm³/mol. The molecule has 0 radical (unpaired) electrons. The molecule has 0 aromatic heterocycles. The molecule has 0 aromatic rings. The molecule has 1 aliphatic heterocycles. The van der Waals surface area contributed by atoms with Crippen LogP contribution < -0.4 is 0 Å². The van der Waals surface area contributed by atoms with E-state index in [4.69, 9.17) is 4.74 Å². The monoisotopic (exact) mass is 200 g/mol. The first-order valence-corrected chi connectivity index (χ1v) is 5.17. The lowest BCUT2D eigenvalue weighted by atomic mass is 10.3. The number of hydrogen-bond donors (Lipinski definition) is 0. The molecule has 0 aromatic carbocycles. The summed E-state index contributed by atoms with van der Waals surface area (Å²) < 4.78 is 5.03. The van der Waals surface area contributed by atoms with Crippen LogP contribution in [0.25, 0.3) is 0 Å². The van der Waals surface area contributed by atoms with Crippen LogP contribution in [0.15, 0.2) is 0 Å². The van der Waals surface area contributed by atoms with Crippen LogP contribution in [0, 0.1) is 0 Å². The van der Waals surface area contributed by atoms with E-state index in [2.05, 4.69) is 0 Å². The van der Waals surface area contributed by atoms with Gasteiger partial charge in [0.2, 0.25) is 0 Å². The first-order valence-electron chi connectivity index (χ1n) is 5.17. The zero-order valence-corrected chi connectivity index (χ0v) is 9.32. The van der Waals surface area contributed by atoms with Crippen molar-refractivity contribution in [3.8, 4) is 0 Å². The maximum Gasteiger partial charge on any atom is 0.320 e. The highest BCUT2D eigenvalue weighted by Crippen LogP contribution is 2.11. The molecule has 0 saturated carbocycles. The number of carbonyl (C=O) groups is 1. The molecule has 0 aliphatic carbocycles. The van der Waals surface area contributed by atoms with E-state index in [-0.39, 0.29) is 12.1 Å². The number of likely N-dealkylation sites (N-methyl/N-ethyl adjacent to an activating group) is 1. The summed E-state index contributed by atoms with van der Waals surface area (Å²) in [5, 5.41) is 0. The van der Waals surface area contributed by atoms with Crippen LogP contribution in [0.1, 0.15) is 19.8 Å². The molecular weight excluding hydrogens is 180 g/mol.